The molecule has 2 atom stereocenters. The first-order valence-electron chi connectivity index (χ1n) is 5.91. The van der Waals surface area contributed by atoms with Crippen LogP contribution in [0.4, 0.5) is 5.95 Å². The highest BCUT2D eigenvalue weighted by Crippen LogP contribution is 2.32. The Balaban J connectivity index is 1.95. The van der Waals surface area contributed by atoms with Crippen LogP contribution < -0.4 is 10.6 Å². The molecule has 82 valence electrons. The number of aromatic nitrogens is 2. The van der Waals surface area contributed by atoms with E-state index >= 15 is 0 Å². The molecule has 2 N–H and O–H groups in total. The minimum atomic E-state index is 0.662. The predicted octanol–water partition coefficient (Wildman–Crippen LogP) is 1.02. The molecule has 1 aromatic rings. The molecule has 1 fully saturated rings. The van der Waals surface area contributed by atoms with Gasteiger partial charge in [-0.1, -0.05) is 6.92 Å². The number of anilines is 1. The van der Waals surface area contributed by atoms with Gasteiger partial charge >= 0.3 is 0 Å². The lowest BCUT2D eigenvalue weighted by atomic mass is 9.92. The fraction of sp³-hybridized carbons (Fsp3) is 0.727. The smallest absolute Gasteiger partial charge is 0.203 e. The summed E-state index contributed by atoms with van der Waals surface area (Å²) in [6, 6.07) is 0.662. The van der Waals surface area contributed by atoms with E-state index in [1.165, 1.54) is 12.1 Å². The highest BCUT2D eigenvalue weighted by molar-refractivity contribution is 5.33. The van der Waals surface area contributed by atoms with Gasteiger partial charge in [-0.05, 0) is 19.4 Å². The third-order valence-electron chi connectivity index (χ3n) is 3.59. The molecule has 0 saturated carbocycles. The summed E-state index contributed by atoms with van der Waals surface area (Å²) < 4.78 is 2.36. The number of fused-ring (bicyclic) bond motifs is 3. The zero-order valence-electron chi connectivity index (χ0n) is 9.16. The van der Waals surface area contributed by atoms with Crippen molar-refractivity contribution < 1.29 is 0 Å². The summed E-state index contributed by atoms with van der Waals surface area (Å²) >= 11 is 0. The second kappa shape index (κ2) is 3.52. The van der Waals surface area contributed by atoms with E-state index in [0.717, 1.165) is 37.9 Å². The van der Waals surface area contributed by atoms with Gasteiger partial charge in [-0.25, -0.2) is 4.98 Å². The number of nitrogens with one attached hydrogen (secondary N) is 2. The van der Waals surface area contributed by atoms with E-state index < -0.39 is 0 Å². The molecule has 2 aliphatic heterocycles. The van der Waals surface area contributed by atoms with Gasteiger partial charge in [0.05, 0.1) is 5.69 Å². The van der Waals surface area contributed by atoms with Gasteiger partial charge in [0.1, 0.15) is 0 Å². The molecule has 2 aliphatic rings. The highest BCUT2D eigenvalue weighted by atomic mass is 15.3. The van der Waals surface area contributed by atoms with Crippen molar-refractivity contribution in [1.29, 1.82) is 0 Å². The lowest BCUT2D eigenvalue weighted by Crippen LogP contribution is -2.44. The maximum absolute atomic E-state index is 4.59. The molecule has 0 bridgehead atoms. The normalized spacial score (nSPS) is 29.1. The lowest BCUT2D eigenvalue weighted by molar-refractivity contribution is 0.254. The van der Waals surface area contributed by atoms with Crippen molar-refractivity contribution in [3.05, 3.63) is 11.9 Å². The van der Waals surface area contributed by atoms with Gasteiger partial charge in [0.15, 0.2) is 0 Å². The first-order chi connectivity index (χ1) is 7.38. The standard InChI is InChI=1S/C11H18N4/c1-2-9-7-15-10-3-4-12-5-8(10)6-13-11(15)14-9/h7-8,10,12H,2-6H2,1H3,(H,13,14). The Hall–Kier alpha value is -1.03. The molecule has 0 radical (unpaired) electrons. The number of piperidine rings is 1. The minimum Gasteiger partial charge on any atom is -0.355 e. The number of imidazole rings is 1. The van der Waals surface area contributed by atoms with E-state index in [0.29, 0.717) is 6.04 Å². The average Bonchev–Trinajstić information content (AvgIpc) is 2.72. The first-order valence-corrected chi connectivity index (χ1v) is 5.91. The number of aryl methyl sites for hydroxylation is 1. The number of hydrogen-bond acceptors (Lipinski definition) is 3. The second-order valence-corrected chi connectivity index (χ2v) is 4.52. The average molecular weight is 206 g/mol. The molecule has 0 aliphatic carbocycles. The summed E-state index contributed by atoms with van der Waals surface area (Å²) in [7, 11) is 0. The largest absolute Gasteiger partial charge is 0.355 e. The second-order valence-electron chi connectivity index (χ2n) is 4.52. The van der Waals surface area contributed by atoms with Crippen LogP contribution in [-0.4, -0.2) is 29.2 Å². The Kier molecular flexibility index (Phi) is 2.16. The zero-order chi connectivity index (χ0) is 10.3. The van der Waals surface area contributed by atoms with E-state index in [1.54, 1.807) is 0 Å². The van der Waals surface area contributed by atoms with Crippen LogP contribution in [0.1, 0.15) is 25.1 Å². The van der Waals surface area contributed by atoms with Gasteiger partial charge in [0, 0.05) is 31.2 Å². The Morgan fingerprint density at radius 3 is 3.33 bits per heavy atom. The Labute approximate surface area is 90.1 Å². The molecule has 2 unspecified atom stereocenters. The van der Waals surface area contributed by atoms with E-state index in [2.05, 4.69) is 33.3 Å². The van der Waals surface area contributed by atoms with Crippen LogP contribution in [0.5, 0.6) is 0 Å². The molecule has 4 nitrogen and oxygen atoms in total. The number of nitrogens with zero attached hydrogens (tertiary/aromatic N) is 2. The molecule has 1 aromatic heterocycles. The Morgan fingerprint density at radius 2 is 2.47 bits per heavy atom. The quantitative estimate of drug-likeness (QED) is 0.721. The molecule has 1 saturated heterocycles. The fourth-order valence-electron chi connectivity index (χ4n) is 2.70. The monoisotopic (exact) mass is 206 g/mol. The summed E-state index contributed by atoms with van der Waals surface area (Å²) in [5.41, 5.74) is 1.21. The van der Waals surface area contributed by atoms with Crippen molar-refractivity contribution in [2.45, 2.75) is 25.8 Å². The van der Waals surface area contributed by atoms with Crippen LogP contribution in [0.25, 0.3) is 0 Å². The van der Waals surface area contributed by atoms with Crippen molar-refractivity contribution in [2.24, 2.45) is 5.92 Å². The van der Waals surface area contributed by atoms with Crippen LogP contribution in [0.3, 0.4) is 0 Å². The number of hydrogen-bond donors (Lipinski definition) is 2. The van der Waals surface area contributed by atoms with Crippen molar-refractivity contribution >= 4 is 5.95 Å². The first kappa shape index (κ1) is 9.21. The predicted molar refractivity (Wildman–Crippen MR) is 60.1 cm³/mol. The third-order valence-corrected chi connectivity index (χ3v) is 3.59. The van der Waals surface area contributed by atoms with Gasteiger partial charge in [0.25, 0.3) is 0 Å². The Bertz CT molecular complexity index is 357. The summed E-state index contributed by atoms with van der Waals surface area (Å²) in [5.74, 6) is 1.81. The minimum absolute atomic E-state index is 0.662. The third kappa shape index (κ3) is 1.44. The van der Waals surface area contributed by atoms with Gasteiger partial charge in [-0.2, -0.15) is 0 Å². The van der Waals surface area contributed by atoms with E-state index in [1.807, 2.05) is 0 Å². The van der Waals surface area contributed by atoms with Gasteiger partial charge in [0.2, 0.25) is 5.95 Å². The zero-order valence-corrected chi connectivity index (χ0v) is 9.16. The molecule has 3 heterocycles. The van der Waals surface area contributed by atoms with Crippen molar-refractivity contribution in [1.82, 2.24) is 14.9 Å². The molecular weight excluding hydrogens is 188 g/mol. The summed E-state index contributed by atoms with van der Waals surface area (Å²) in [6.45, 7) is 5.50. The SMILES string of the molecule is CCc1cn2c(n1)NCC1CNCCC12. The van der Waals surface area contributed by atoms with Crippen LogP contribution >= 0.6 is 0 Å². The van der Waals surface area contributed by atoms with Crippen LogP contribution in [-0.2, 0) is 6.42 Å². The van der Waals surface area contributed by atoms with E-state index in [-0.39, 0.29) is 0 Å². The van der Waals surface area contributed by atoms with Crippen LogP contribution in [0.2, 0.25) is 0 Å². The lowest BCUT2D eigenvalue weighted by Gasteiger charge is -2.37. The van der Waals surface area contributed by atoms with Gasteiger partial charge in [-0.3, -0.25) is 0 Å². The van der Waals surface area contributed by atoms with Gasteiger partial charge < -0.3 is 15.2 Å². The van der Waals surface area contributed by atoms with E-state index in [9.17, 15) is 0 Å². The molecular formula is C11H18N4. The molecule has 0 spiro atoms. The molecule has 0 amide bonds. The Morgan fingerprint density at radius 1 is 1.53 bits per heavy atom. The summed E-state index contributed by atoms with van der Waals surface area (Å²) in [4.78, 5) is 4.59. The molecule has 3 rings (SSSR count). The summed E-state index contributed by atoms with van der Waals surface area (Å²) in [5, 5.41) is 6.89. The maximum Gasteiger partial charge on any atom is 0.203 e. The van der Waals surface area contributed by atoms with Crippen molar-refractivity contribution in [2.75, 3.05) is 25.0 Å². The molecule has 0 aromatic carbocycles. The van der Waals surface area contributed by atoms with Crippen LogP contribution in [0, 0.1) is 5.92 Å². The molecule has 15 heavy (non-hydrogen) atoms. The van der Waals surface area contributed by atoms with Crippen molar-refractivity contribution in [3.8, 4) is 0 Å². The van der Waals surface area contributed by atoms with Gasteiger partial charge in [-0.15, -0.1) is 0 Å². The summed E-state index contributed by atoms with van der Waals surface area (Å²) in [6.07, 6.45) is 4.49. The molecule has 4 heteroatoms. The fourth-order valence-corrected chi connectivity index (χ4v) is 2.70. The highest BCUT2D eigenvalue weighted by Gasteiger charge is 2.31. The van der Waals surface area contributed by atoms with E-state index in [4.69, 9.17) is 0 Å². The number of rotatable bonds is 1. The van der Waals surface area contributed by atoms with Crippen molar-refractivity contribution in [3.63, 3.8) is 0 Å². The maximum atomic E-state index is 4.59. The van der Waals surface area contributed by atoms with Crippen LogP contribution in [0.15, 0.2) is 6.20 Å². The topological polar surface area (TPSA) is 41.9 Å².